The molecule has 0 spiro atoms. The molecule has 0 N–H and O–H groups in total. The Balaban J connectivity index is 2.17. The molecule has 1 aromatic rings. The molecule has 1 aromatic carbocycles. The zero-order valence-corrected chi connectivity index (χ0v) is 9.76. The third-order valence-electron chi connectivity index (χ3n) is 3.13. The lowest BCUT2D eigenvalue weighted by Crippen LogP contribution is -2.37. The molecule has 0 aromatic heterocycles. The van der Waals surface area contributed by atoms with Gasteiger partial charge in [0.2, 0.25) is 0 Å². The van der Waals surface area contributed by atoms with Crippen LogP contribution < -0.4 is 0 Å². The van der Waals surface area contributed by atoms with Crippen LogP contribution in [0.5, 0.6) is 0 Å². The molecule has 1 aliphatic rings. The van der Waals surface area contributed by atoms with E-state index in [-0.39, 0.29) is 0 Å². The van der Waals surface area contributed by atoms with Crippen LogP contribution in [0.1, 0.15) is 24.8 Å². The Morgan fingerprint density at radius 3 is 2.56 bits per heavy atom. The van der Waals surface area contributed by atoms with Crippen molar-refractivity contribution in [2.45, 2.75) is 25.3 Å². The van der Waals surface area contributed by atoms with Gasteiger partial charge < -0.3 is 4.90 Å². The van der Waals surface area contributed by atoms with E-state index in [1.165, 1.54) is 24.8 Å². The molecule has 2 rings (SSSR count). The number of hydrogen-bond acceptors (Lipinski definition) is 1. The second-order valence-corrected chi connectivity index (χ2v) is 4.18. The lowest BCUT2D eigenvalue weighted by molar-refractivity contribution is 0.277. The second kappa shape index (κ2) is 4.97. The summed E-state index contributed by atoms with van der Waals surface area (Å²) < 4.78 is 0. The monoisotopic (exact) mass is 214 g/mol. The predicted octanol–water partition coefficient (Wildman–Crippen LogP) is 3.17. The molecule has 0 aliphatic heterocycles. The van der Waals surface area contributed by atoms with Gasteiger partial charge in [-0.15, -0.1) is 0 Å². The second-order valence-electron chi connectivity index (χ2n) is 4.18. The van der Waals surface area contributed by atoms with Crippen molar-refractivity contribution >= 4 is 12.0 Å². The first-order chi connectivity index (χ1) is 7.83. The van der Waals surface area contributed by atoms with Gasteiger partial charge >= 0.3 is 0 Å². The summed E-state index contributed by atoms with van der Waals surface area (Å²) in [6, 6.07) is 10.9. The van der Waals surface area contributed by atoms with E-state index in [4.69, 9.17) is 0 Å². The Morgan fingerprint density at radius 1 is 1.38 bits per heavy atom. The van der Waals surface area contributed by atoms with Crippen LogP contribution in [0.15, 0.2) is 41.9 Å². The van der Waals surface area contributed by atoms with E-state index in [0.717, 1.165) is 5.70 Å². The van der Waals surface area contributed by atoms with Gasteiger partial charge in [0.25, 0.3) is 0 Å². The van der Waals surface area contributed by atoms with Gasteiger partial charge in [-0.1, -0.05) is 36.9 Å². The lowest BCUT2D eigenvalue weighted by Gasteiger charge is -2.37. The summed E-state index contributed by atoms with van der Waals surface area (Å²) >= 11 is 0. The van der Waals surface area contributed by atoms with Crippen molar-refractivity contribution in [3.63, 3.8) is 0 Å². The first-order valence-electron chi connectivity index (χ1n) is 5.78. The van der Waals surface area contributed by atoms with Crippen LogP contribution in [-0.2, 0) is 0 Å². The molecule has 84 valence electrons. The SMILES string of the molecule is C=C(c1ccccc1)N(C=NC)C1CCC1. The van der Waals surface area contributed by atoms with Crippen molar-refractivity contribution in [2.24, 2.45) is 4.99 Å². The fourth-order valence-electron chi connectivity index (χ4n) is 1.95. The molecular weight excluding hydrogens is 196 g/mol. The molecule has 0 heterocycles. The molecular formula is C14H18N2. The van der Waals surface area contributed by atoms with E-state index in [0.29, 0.717) is 6.04 Å². The van der Waals surface area contributed by atoms with Crippen molar-refractivity contribution in [1.29, 1.82) is 0 Å². The van der Waals surface area contributed by atoms with Gasteiger partial charge in [-0.3, -0.25) is 4.99 Å². The maximum absolute atomic E-state index is 4.18. The summed E-state index contributed by atoms with van der Waals surface area (Å²) in [7, 11) is 1.81. The topological polar surface area (TPSA) is 15.6 Å². The molecule has 0 atom stereocenters. The van der Waals surface area contributed by atoms with Crippen molar-refractivity contribution in [3.8, 4) is 0 Å². The normalized spacial score (nSPS) is 16.1. The largest absolute Gasteiger partial charge is 0.330 e. The first kappa shape index (κ1) is 10.9. The molecule has 0 bridgehead atoms. The predicted molar refractivity (Wildman–Crippen MR) is 69.4 cm³/mol. The molecule has 1 fully saturated rings. The van der Waals surface area contributed by atoms with Crippen LogP contribution in [0, 0.1) is 0 Å². The number of rotatable bonds is 4. The third-order valence-corrected chi connectivity index (χ3v) is 3.13. The van der Waals surface area contributed by atoms with E-state index < -0.39 is 0 Å². The van der Waals surface area contributed by atoms with Crippen molar-refractivity contribution < 1.29 is 0 Å². The van der Waals surface area contributed by atoms with Crippen LogP contribution >= 0.6 is 0 Å². The number of hydrogen-bond donors (Lipinski definition) is 0. The number of benzene rings is 1. The molecule has 2 heteroatoms. The van der Waals surface area contributed by atoms with Gasteiger partial charge in [0.1, 0.15) is 0 Å². The van der Waals surface area contributed by atoms with E-state index in [2.05, 4.69) is 28.6 Å². The van der Waals surface area contributed by atoms with Crippen molar-refractivity contribution in [3.05, 3.63) is 42.5 Å². The zero-order valence-electron chi connectivity index (χ0n) is 9.76. The van der Waals surface area contributed by atoms with Crippen LogP contribution in [0.2, 0.25) is 0 Å². The smallest absolute Gasteiger partial charge is 0.0893 e. The third kappa shape index (κ3) is 2.16. The first-order valence-corrected chi connectivity index (χ1v) is 5.78. The van der Waals surface area contributed by atoms with Crippen molar-refractivity contribution in [1.82, 2.24) is 4.90 Å². The Bertz CT molecular complexity index is 377. The van der Waals surface area contributed by atoms with Crippen LogP contribution in [0.4, 0.5) is 0 Å². The van der Waals surface area contributed by atoms with Crippen LogP contribution in [0.3, 0.4) is 0 Å². The molecule has 2 nitrogen and oxygen atoms in total. The quantitative estimate of drug-likeness (QED) is 0.555. The number of aliphatic imine (C=N–C) groups is 1. The van der Waals surface area contributed by atoms with E-state index in [1.807, 2.05) is 31.6 Å². The van der Waals surface area contributed by atoms with Crippen molar-refractivity contribution in [2.75, 3.05) is 7.05 Å². The highest BCUT2D eigenvalue weighted by Gasteiger charge is 2.25. The summed E-state index contributed by atoms with van der Waals surface area (Å²) in [5.41, 5.74) is 2.23. The maximum atomic E-state index is 4.18. The average molecular weight is 214 g/mol. The molecule has 0 unspecified atom stereocenters. The zero-order chi connectivity index (χ0) is 11.4. The minimum atomic E-state index is 0.594. The highest BCUT2D eigenvalue weighted by atomic mass is 15.2. The highest BCUT2D eigenvalue weighted by Crippen LogP contribution is 2.29. The van der Waals surface area contributed by atoms with Crippen LogP contribution in [-0.4, -0.2) is 24.3 Å². The summed E-state index contributed by atoms with van der Waals surface area (Å²) in [6.07, 6.45) is 5.72. The average Bonchev–Trinajstić information content (AvgIpc) is 2.26. The van der Waals surface area contributed by atoms with E-state index in [1.54, 1.807) is 0 Å². The molecule has 0 radical (unpaired) electrons. The fourth-order valence-corrected chi connectivity index (χ4v) is 1.95. The summed E-state index contributed by atoms with van der Waals surface area (Å²) in [5, 5.41) is 0. The van der Waals surface area contributed by atoms with Crippen LogP contribution in [0.25, 0.3) is 5.70 Å². The van der Waals surface area contributed by atoms with Gasteiger partial charge in [0.15, 0.2) is 0 Å². The van der Waals surface area contributed by atoms with Gasteiger partial charge in [-0.25, -0.2) is 0 Å². The number of nitrogens with zero attached hydrogens (tertiary/aromatic N) is 2. The van der Waals surface area contributed by atoms with Gasteiger partial charge in [0, 0.05) is 18.8 Å². The Kier molecular flexibility index (Phi) is 3.40. The Labute approximate surface area is 97.3 Å². The van der Waals surface area contributed by atoms with Gasteiger partial charge in [0.05, 0.1) is 6.34 Å². The standard InChI is InChI=1S/C14H18N2/c1-12(13-7-4-3-5-8-13)16(11-15-2)14-9-6-10-14/h3-5,7-8,11,14H,1,6,9-10H2,2H3. The summed E-state index contributed by atoms with van der Waals surface area (Å²) in [4.78, 5) is 6.33. The molecule has 0 saturated heterocycles. The fraction of sp³-hybridized carbons (Fsp3) is 0.357. The van der Waals surface area contributed by atoms with Gasteiger partial charge in [-0.2, -0.15) is 0 Å². The summed E-state index contributed by atoms with van der Waals surface area (Å²) in [6.45, 7) is 4.18. The molecule has 1 aliphatic carbocycles. The van der Waals surface area contributed by atoms with Gasteiger partial charge in [-0.05, 0) is 24.8 Å². The molecule has 1 saturated carbocycles. The van der Waals surface area contributed by atoms with E-state index in [9.17, 15) is 0 Å². The maximum Gasteiger partial charge on any atom is 0.0893 e. The Morgan fingerprint density at radius 2 is 2.06 bits per heavy atom. The highest BCUT2D eigenvalue weighted by molar-refractivity contribution is 5.75. The molecule has 16 heavy (non-hydrogen) atoms. The van der Waals surface area contributed by atoms with E-state index >= 15 is 0 Å². The minimum absolute atomic E-state index is 0.594. The summed E-state index contributed by atoms with van der Waals surface area (Å²) in [5.74, 6) is 0. The Hall–Kier alpha value is -1.57. The lowest BCUT2D eigenvalue weighted by atomic mass is 9.91. The minimum Gasteiger partial charge on any atom is -0.330 e. The molecule has 0 amide bonds.